The summed E-state index contributed by atoms with van der Waals surface area (Å²) in [4.78, 5) is 16.0. The van der Waals surface area contributed by atoms with Crippen molar-refractivity contribution in [3.63, 3.8) is 0 Å². The summed E-state index contributed by atoms with van der Waals surface area (Å²) < 4.78 is 16.4. The minimum atomic E-state index is -0.464. The zero-order chi connectivity index (χ0) is 17.4. The van der Waals surface area contributed by atoms with E-state index in [1.54, 1.807) is 11.4 Å². The van der Waals surface area contributed by atoms with Crippen LogP contribution in [0.2, 0.25) is 0 Å². The van der Waals surface area contributed by atoms with Crippen LogP contribution in [0.5, 0.6) is 5.75 Å². The van der Waals surface area contributed by atoms with Crippen molar-refractivity contribution in [2.75, 3.05) is 0 Å². The first-order chi connectivity index (χ1) is 12.1. The topological polar surface area (TPSA) is 74.5 Å². The van der Waals surface area contributed by atoms with E-state index in [0.29, 0.717) is 17.1 Å². The lowest BCUT2D eigenvalue weighted by molar-refractivity contribution is 0.0458. The van der Waals surface area contributed by atoms with Crippen molar-refractivity contribution < 1.29 is 18.8 Å². The van der Waals surface area contributed by atoms with Gasteiger partial charge in [-0.3, -0.25) is 0 Å². The maximum atomic E-state index is 11.9. The quantitative estimate of drug-likeness (QED) is 0.662. The molecule has 1 aliphatic rings. The summed E-state index contributed by atoms with van der Waals surface area (Å²) in [7, 11) is 0. The van der Waals surface area contributed by atoms with Gasteiger partial charge in [-0.25, -0.2) is 9.78 Å². The van der Waals surface area contributed by atoms with Gasteiger partial charge in [0.15, 0.2) is 11.5 Å². The van der Waals surface area contributed by atoms with Gasteiger partial charge < -0.3 is 14.0 Å². The second kappa shape index (κ2) is 6.33. The first kappa shape index (κ1) is 15.8. The normalized spacial score (nSPS) is 15.7. The molecule has 25 heavy (non-hydrogen) atoms. The molecular weight excluding hydrogens is 340 g/mol. The average molecular weight is 356 g/mol. The summed E-state index contributed by atoms with van der Waals surface area (Å²) in [5, 5.41) is 6.46. The number of ether oxygens (including phenoxy) is 2. The number of carbonyl (C=O) groups is 1. The first-order valence-electron chi connectivity index (χ1n) is 7.93. The average Bonchev–Trinajstić information content (AvgIpc) is 3.30. The maximum Gasteiger partial charge on any atom is 0.358 e. The number of hydrogen-bond donors (Lipinski definition) is 0. The molecule has 1 aromatic carbocycles. The van der Waals surface area contributed by atoms with Gasteiger partial charge in [0.1, 0.15) is 24.2 Å². The van der Waals surface area contributed by atoms with Gasteiger partial charge in [0, 0.05) is 23.4 Å². The van der Waals surface area contributed by atoms with Crippen molar-refractivity contribution in [3.05, 3.63) is 51.6 Å². The minimum Gasteiger partial charge on any atom is -0.490 e. The van der Waals surface area contributed by atoms with Crippen LogP contribution in [0.25, 0.3) is 11.3 Å². The highest BCUT2D eigenvalue weighted by atomic mass is 32.1. The van der Waals surface area contributed by atoms with Gasteiger partial charge >= 0.3 is 5.97 Å². The third-order valence-electron chi connectivity index (χ3n) is 3.93. The fourth-order valence-corrected chi connectivity index (χ4v) is 3.32. The van der Waals surface area contributed by atoms with Crippen LogP contribution in [0.3, 0.4) is 0 Å². The third kappa shape index (κ3) is 3.28. The van der Waals surface area contributed by atoms with E-state index in [2.05, 4.69) is 10.1 Å². The van der Waals surface area contributed by atoms with Crippen LogP contribution >= 0.6 is 11.3 Å². The zero-order valence-corrected chi connectivity index (χ0v) is 14.6. The predicted octanol–water partition coefficient (Wildman–Crippen LogP) is 3.79. The third-order valence-corrected chi connectivity index (χ3v) is 4.70. The number of thiazole rings is 1. The molecule has 0 amide bonds. The SMILES string of the molecule is Cc1nc(C(=O)OCc2cc(-c3ccc4c(c3)OC(C)C4)on2)cs1. The minimum absolute atomic E-state index is 0.0391. The van der Waals surface area contributed by atoms with Crippen molar-refractivity contribution in [1.29, 1.82) is 0 Å². The molecule has 0 saturated heterocycles. The molecule has 3 heterocycles. The predicted molar refractivity (Wildman–Crippen MR) is 91.7 cm³/mol. The molecule has 6 nitrogen and oxygen atoms in total. The molecule has 0 aliphatic carbocycles. The Morgan fingerprint density at radius 3 is 3.08 bits per heavy atom. The van der Waals surface area contributed by atoms with Crippen molar-refractivity contribution in [3.8, 4) is 17.1 Å². The lowest BCUT2D eigenvalue weighted by atomic mass is 10.1. The molecule has 2 aromatic heterocycles. The molecule has 0 radical (unpaired) electrons. The Balaban J connectivity index is 1.44. The Morgan fingerprint density at radius 2 is 2.28 bits per heavy atom. The molecule has 3 aromatic rings. The van der Waals surface area contributed by atoms with Gasteiger partial charge in [0.2, 0.25) is 0 Å². The summed E-state index contributed by atoms with van der Waals surface area (Å²) in [6.45, 7) is 3.92. The van der Waals surface area contributed by atoms with Gasteiger partial charge in [0.05, 0.1) is 5.01 Å². The van der Waals surface area contributed by atoms with E-state index in [4.69, 9.17) is 14.0 Å². The number of benzene rings is 1. The highest BCUT2D eigenvalue weighted by Crippen LogP contribution is 2.33. The van der Waals surface area contributed by atoms with Crippen LogP contribution in [0.4, 0.5) is 0 Å². The fourth-order valence-electron chi connectivity index (χ4n) is 2.74. The smallest absolute Gasteiger partial charge is 0.358 e. The number of esters is 1. The summed E-state index contributed by atoms with van der Waals surface area (Å²) in [6.07, 6.45) is 1.12. The Bertz CT molecular complexity index is 931. The van der Waals surface area contributed by atoms with Gasteiger partial charge in [0.25, 0.3) is 0 Å². The molecule has 7 heteroatoms. The summed E-state index contributed by atoms with van der Waals surface area (Å²) in [6, 6.07) is 7.74. The molecule has 0 saturated carbocycles. The van der Waals surface area contributed by atoms with Crippen molar-refractivity contribution in [2.24, 2.45) is 0 Å². The van der Waals surface area contributed by atoms with Gasteiger partial charge in [-0.1, -0.05) is 17.3 Å². The zero-order valence-electron chi connectivity index (χ0n) is 13.8. The largest absolute Gasteiger partial charge is 0.490 e. The van der Waals surface area contributed by atoms with Crippen molar-refractivity contribution in [2.45, 2.75) is 33.0 Å². The monoisotopic (exact) mass is 356 g/mol. The van der Waals surface area contributed by atoms with E-state index >= 15 is 0 Å². The lowest BCUT2D eigenvalue weighted by Gasteiger charge is -2.03. The van der Waals surface area contributed by atoms with Gasteiger partial charge in [-0.15, -0.1) is 11.3 Å². The number of carbonyl (C=O) groups excluding carboxylic acids is 1. The van der Waals surface area contributed by atoms with E-state index in [1.807, 2.05) is 32.0 Å². The second-order valence-electron chi connectivity index (χ2n) is 5.97. The number of hydrogen-bond acceptors (Lipinski definition) is 7. The maximum absolute atomic E-state index is 11.9. The van der Waals surface area contributed by atoms with Crippen LogP contribution < -0.4 is 4.74 Å². The van der Waals surface area contributed by atoms with Crippen LogP contribution in [0.15, 0.2) is 34.2 Å². The molecule has 0 bridgehead atoms. The van der Waals surface area contributed by atoms with E-state index in [9.17, 15) is 4.79 Å². The summed E-state index contributed by atoms with van der Waals surface area (Å²) in [5.41, 5.74) is 2.94. The molecule has 128 valence electrons. The molecule has 4 rings (SSSR count). The van der Waals surface area contributed by atoms with E-state index in [-0.39, 0.29) is 12.7 Å². The highest BCUT2D eigenvalue weighted by molar-refractivity contribution is 7.09. The molecule has 0 fully saturated rings. The molecule has 1 aliphatic heterocycles. The van der Waals surface area contributed by atoms with Gasteiger partial charge in [-0.05, 0) is 25.5 Å². The molecule has 0 N–H and O–H groups in total. The summed E-state index contributed by atoms with van der Waals surface area (Å²) >= 11 is 1.41. The Morgan fingerprint density at radius 1 is 1.40 bits per heavy atom. The highest BCUT2D eigenvalue weighted by Gasteiger charge is 2.20. The Kier molecular flexibility index (Phi) is 4.01. The number of nitrogens with zero attached hydrogens (tertiary/aromatic N) is 2. The van der Waals surface area contributed by atoms with Crippen LogP contribution in [-0.2, 0) is 17.8 Å². The van der Waals surface area contributed by atoms with Gasteiger partial charge in [-0.2, -0.15) is 0 Å². The van der Waals surface area contributed by atoms with E-state index in [1.165, 1.54) is 16.9 Å². The Hall–Kier alpha value is -2.67. The van der Waals surface area contributed by atoms with Crippen molar-refractivity contribution >= 4 is 17.3 Å². The molecular formula is C18H16N2O4S. The molecule has 1 atom stereocenters. The number of aromatic nitrogens is 2. The van der Waals surface area contributed by atoms with Crippen LogP contribution in [0, 0.1) is 6.92 Å². The van der Waals surface area contributed by atoms with Crippen LogP contribution in [-0.4, -0.2) is 22.2 Å². The standard InChI is InChI=1S/C18H16N2O4S/c1-10-5-12-3-4-13(6-16(12)23-10)17-7-14(20-24-17)8-22-18(21)15-9-25-11(2)19-15/h3-4,6-7,9-10H,5,8H2,1-2H3. The second-order valence-corrected chi connectivity index (χ2v) is 7.03. The molecule has 1 unspecified atom stereocenters. The number of aryl methyl sites for hydroxylation is 1. The number of fused-ring (bicyclic) bond motifs is 1. The summed E-state index contributed by atoms with van der Waals surface area (Å²) in [5.74, 6) is 1.03. The molecule has 0 spiro atoms. The van der Waals surface area contributed by atoms with Crippen LogP contribution in [0.1, 0.15) is 33.7 Å². The van der Waals surface area contributed by atoms with E-state index in [0.717, 1.165) is 22.7 Å². The lowest BCUT2D eigenvalue weighted by Crippen LogP contribution is -2.05. The van der Waals surface area contributed by atoms with Crippen molar-refractivity contribution in [1.82, 2.24) is 10.1 Å². The number of rotatable bonds is 4. The van der Waals surface area contributed by atoms with E-state index < -0.39 is 5.97 Å². The fraction of sp³-hybridized carbons (Fsp3) is 0.278. The first-order valence-corrected chi connectivity index (χ1v) is 8.81. The Labute approximate surface area is 148 Å².